The average molecular weight is 326 g/mol. The van der Waals surface area contributed by atoms with Crippen LogP contribution in [0.25, 0.3) is 5.73 Å². The molecule has 0 spiro atoms. The minimum atomic E-state index is -0.172. The van der Waals surface area contributed by atoms with E-state index in [0.29, 0.717) is 13.1 Å². The van der Waals surface area contributed by atoms with Crippen LogP contribution >= 0.6 is 0 Å². The van der Waals surface area contributed by atoms with E-state index in [9.17, 15) is 9.59 Å². The van der Waals surface area contributed by atoms with Crippen molar-refractivity contribution < 1.29 is 67.8 Å². The van der Waals surface area contributed by atoms with Crippen molar-refractivity contribution in [1.82, 2.24) is 10.6 Å². The second kappa shape index (κ2) is 13.9. The Hall–Kier alpha value is 0.445. The smallest absolute Gasteiger partial charge is 0.676 e. The van der Waals surface area contributed by atoms with E-state index in [0.717, 1.165) is 18.4 Å². The minimum absolute atomic E-state index is 0. The van der Waals surface area contributed by atoms with E-state index in [-0.39, 0.29) is 89.4 Å². The largest absolute Gasteiger partial charge is 1.00 e. The van der Waals surface area contributed by atoms with Gasteiger partial charge in [-0.2, -0.15) is 0 Å². The molecule has 0 heterocycles. The Morgan fingerprint density at radius 2 is 1.56 bits per heavy atom. The summed E-state index contributed by atoms with van der Waals surface area (Å²) in [6.45, 7) is 6.87. The summed E-state index contributed by atoms with van der Waals surface area (Å²) in [4.78, 5) is 22.5. The second-order valence-corrected chi connectivity index (χ2v) is 4.01. The van der Waals surface area contributed by atoms with E-state index in [1.165, 1.54) is 0 Å². The molecule has 0 aromatic heterocycles. The molecular formula is C12H22N3O2Rb. The number of hydrogen-bond donors (Lipinski definition) is 2. The summed E-state index contributed by atoms with van der Waals surface area (Å²) in [7, 11) is 0. The third kappa shape index (κ3) is 14.5. The van der Waals surface area contributed by atoms with Crippen molar-refractivity contribution in [2.24, 2.45) is 0 Å². The topological polar surface area (TPSA) is 82.0 Å². The van der Waals surface area contributed by atoms with Crippen LogP contribution in [0, 0.1) is 0 Å². The maximum absolute atomic E-state index is 11.3. The van der Waals surface area contributed by atoms with Crippen LogP contribution in [0.4, 0.5) is 0 Å². The molecule has 6 heteroatoms. The van der Waals surface area contributed by atoms with Gasteiger partial charge in [0.15, 0.2) is 0 Å². The molecule has 0 aromatic carbocycles. The maximum Gasteiger partial charge on any atom is 1.00 e. The van der Waals surface area contributed by atoms with Crippen LogP contribution in [0.3, 0.4) is 0 Å². The number of allylic oxidation sites excluding steroid dienone is 1. The molecule has 5 nitrogen and oxygen atoms in total. The Kier molecular flexibility index (Phi) is 16.0. The van der Waals surface area contributed by atoms with E-state index in [1.807, 2.05) is 6.92 Å². The van der Waals surface area contributed by atoms with Gasteiger partial charge in [-0.3, -0.25) is 9.59 Å². The average Bonchev–Trinajstić information content (AvgIpc) is 2.29. The van der Waals surface area contributed by atoms with Gasteiger partial charge in [-0.1, -0.05) is 5.57 Å². The third-order valence-electron chi connectivity index (χ3n) is 2.13. The molecule has 0 aliphatic rings. The fourth-order valence-corrected chi connectivity index (χ4v) is 1.22. The summed E-state index contributed by atoms with van der Waals surface area (Å²) < 4.78 is 0. The SMILES string of the molecule is C=C(C)CCCNC(=O)CCC(=O)NCC[NH-].[Rb+]. The van der Waals surface area contributed by atoms with Gasteiger partial charge in [0.05, 0.1) is 0 Å². The van der Waals surface area contributed by atoms with Crippen LogP contribution in [0.1, 0.15) is 32.6 Å². The van der Waals surface area contributed by atoms with Crippen LogP contribution in [0.15, 0.2) is 12.2 Å². The fraction of sp³-hybridized carbons (Fsp3) is 0.667. The summed E-state index contributed by atoms with van der Waals surface area (Å²) in [5.74, 6) is -0.276. The normalized spacial score (nSPS) is 9.22. The van der Waals surface area contributed by atoms with E-state index in [2.05, 4.69) is 17.2 Å². The van der Waals surface area contributed by atoms with Crippen LogP contribution in [0.2, 0.25) is 0 Å². The van der Waals surface area contributed by atoms with Gasteiger partial charge in [-0.25, -0.2) is 0 Å². The fourth-order valence-electron chi connectivity index (χ4n) is 1.22. The number of carbonyl (C=O) groups excluding carboxylic acids is 2. The Labute approximate surface area is 158 Å². The zero-order chi connectivity index (χ0) is 13.1. The minimum Gasteiger partial charge on any atom is -0.676 e. The van der Waals surface area contributed by atoms with Gasteiger partial charge in [-0.15, -0.1) is 13.1 Å². The first-order chi connectivity index (χ1) is 8.06. The molecule has 0 aromatic rings. The predicted octanol–water partition coefficient (Wildman–Crippen LogP) is -1.59. The number of hydrogen-bond acceptors (Lipinski definition) is 2. The summed E-state index contributed by atoms with van der Waals surface area (Å²) in [6, 6.07) is 0. The van der Waals surface area contributed by atoms with Gasteiger partial charge >= 0.3 is 58.2 Å². The van der Waals surface area contributed by atoms with E-state index < -0.39 is 0 Å². The van der Waals surface area contributed by atoms with Crippen molar-refractivity contribution in [3.8, 4) is 0 Å². The van der Waals surface area contributed by atoms with Crippen LogP contribution in [0.5, 0.6) is 0 Å². The Bertz CT molecular complexity index is 270. The zero-order valence-corrected chi connectivity index (χ0v) is 16.4. The summed E-state index contributed by atoms with van der Waals surface area (Å²) in [6.07, 6.45) is 2.18. The van der Waals surface area contributed by atoms with Gasteiger partial charge in [0.2, 0.25) is 11.8 Å². The molecule has 0 saturated carbocycles. The number of rotatable bonds is 9. The number of amides is 2. The molecule has 0 bridgehead atoms. The zero-order valence-electron chi connectivity index (χ0n) is 11.5. The Balaban J connectivity index is 0. The van der Waals surface area contributed by atoms with Crippen LogP contribution < -0.4 is 68.8 Å². The molecule has 0 radical (unpaired) electrons. The predicted molar refractivity (Wildman–Crippen MR) is 68.5 cm³/mol. The number of carbonyl (C=O) groups is 2. The Morgan fingerprint density at radius 3 is 2.00 bits per heavy atom. The van der Waals surface area contributed by atoms with Crippen LogP contribution in [-0.2, 0) is 9.59 Å². The van der Waals surface area contributed by atoms with Crippen molar-refractivity contribution >= 4 is 11.8 Å². The van der Waals surface area contributed by atoms with Gasteiger partial charge in [0, 0.05) is 19.4 Å². The van der Waals surface area contributed by atoms with Gasteiger partial charge in [0.1, 0.15) is 0 Å². The molecule has 3 N–H and O–H groups in total. The van der Waals surface area contributed by atoms with Crippen molar-refractivity contribution in [2.75, 3.05) is 19.6 Å². The molecule has 2 amide bonds. The monoisotopic (exact) mass is 325 g/mol. The molecular weight excluding hydrogens is 304 g/mol. The second-order valence-electron chi connectivity index (χ2n) is 4.01. The maximum atomic E-state index is 11.3. The van der Waals surface area contributed by atoms with Crippen LogP contribution in [-0.4, -0.2) is 31.4 Å². The molecule has 18 heavy (non-hydrogen) atoms. The van der Waals surface area contributed by atoms with Crippen molar-refractivity contribution in [3.63, 3.8) is 0 Å². The van der Waals surface area contributed by atoms with Crippen molar-refractivity contribution in [3.05, 3.63) is 17.9 Å². The first kappa shape index (κ1) is 20.8. The van der Waals surface area contributed by atoms with Gasteiger partial charge < -0.3 is 16.4 Å². The van der Waals surface area contributed by atoms with E-state index in [1.54, 1.807) is 0 Å². The van der Waals surface area contributed by atoms with Gasteiger partial charge in [-0.05, 0) is 26.3 Å². The van der Waals surface area contributed by atoms with E-state index in [4.69, 9.17) is 5.73 Å². The summed E-state index contributed by atoms with van der Waals surface area (Å²) in [5.41, 5.74) is 7.96. The number of nitrogens with one attached hydrogen (secondary N) is 3. The molecule has 0 aliphatic carbocycles. The molecule has 0 saturated heterocycles. The first-order valence-electron chi connectivity index (χ1n) is 5.88. The summed E-state index contributed by atoms with van der Waals surface area (Å²) in [5, 5.41) is 5.30. The molecule has 98 valence electrons. The van der Waals surface area contributed by atoms with Gasteiger partial charge in [0.25, 0.3) is 0 Å². The third-order valence-corrected chi connectivity index (χ3v) is 2.13. The molecule has 0 aliphatic heterocycles. The first-order valence-corrected chi connectivity index (χ1v) is 5.88. The van der Waals surface area contributed by atoms with E-state index >= 15 is 0 Å². The molecule has 0 rings (SSSR count). The quantitative estimate of drug-likeness (QED) is 0.396. The molecule has 0 unspecified atom stereocenters. The summed E-state index contributed by atoms with van der Waals surface area (Å²) >= 11 is 0. The Morgan fingerprint density at radius 1 is 1.06 bits per heavy atom. The van der Waals surface area contributed by atoms with Crippen molar-refractivity contribution in [1.29, 1.82) is 0 Å². The standard InChI is InChI=1S/C12H22N3O2.Rb/c1-10(2)4-3-8-14-11(16)5-6-12(17)15-9-7-13;/h13H,1,3-9H2,2H3,(H,14,16)(H,15,17);/q-1;+1. The molecule has 0 fully saturated rings. The molecule has 0 atom stereocenters. The van der Waals surface area contributed by atoms with Crippen molar-refractivity contribution in [2.45, 2.75) is 32.6 Å².